The van der Waals surface area contributed by atoms with Crippen LogP contribution in [0.4, 0.5) is 19.3 Å². The number of alkyl halides is 2. The topological polar surface area (TPSA) is 85.6 Å². The lowest BCUT2D eigenvalue weighted by molar-refractivity contribution is -0.0493. The number of carbonyl (C=O) groups excluding carboxylic acids is 1. The lowest BCUT2D eigenvalue weighted by Crippen LogP contribution is -2.31. The van der Waals surface area contributed by atoms with Gasteiger partial charge in [0.25, 0.3) is 0 Å². The third kappa shape index (κ3) is 5.47. The molecule has 2 N–H and O–H groups in total. The number of ether oxygens (including phenoxy) is 2. The maximum atomic E-state index is 12.5. The van der Waals surface area contributed by atoms with Crippen molar-refractivity contribution in [2.75, 3.05) is 19.0 Å². The fraction of sp³-hybridized carbons (Fsp3) is 0.238. The van der Waals surface area contributed by atoms with Crippen molar-refractivity contribution in [1.82, 2.24) is 10.3 Å². The van der Waals surface area contributed by atoms with Crippen LogP contribution < -0.4 is 20.1 Å². The van der Waals surface area contributed by atoms with Gasteiger partial charge in [0.1, 0.15) is 17.8 Å². The minimum atomic E-state index is -2.98. The molecule has 3 rings (SSSR count). The van der Waals surface area contributed by atoms with Crippen LogP contribution in [0.3, 0.4) is 0 Å². The lowest BCUT2D eigenvalue weighted by atomic mass is 10.2. The first-order chi connectivity index (χ1) is 14.5. The van der Waals surface area contributed by atoms with Crippen LogP contribution in [0.5, 0.6) is 11.5 Å². The third-order valence-electron chi connectivity index (χ3n) is 4.24. The minimum Gasteiger partial charge on any atom is -0.497 e. The van der Waals surface area contributed by atoms with Crippen LogP contribution in [0.15, 0.2) is 53.1 Å². The molecule has 158 valence electrons. The van der Waals surface area contributed by atoms with Gasteiger partial charge in [0, 0.05) is 18.5 Å². The van der Waals surface area contributed by atoms with E-state index in [1.165, 1.54) is 12.3 Å². The number of methoxy groups -OCH3 is 1. The minimum absolute atomic E-state index is 0.0965. The normalized spacial score (nSPS) is 10.7. The largest absolute Gasteiger partial charge is 0.497 e. The van der Waals surface area contributed by atoms with E-state index >= 15 is 0 Å². The Hall–Kier alpha value is -3.62. The fourth-order valence-electron chi connectivity index (χ4n) is 2.75. The monoisotopic (exact) mass is 417 g/mol. The Kier molecular flexibility index (Phi) is 6.84. The third-order valence-corrected chi connectivity index (χ3v) is 4.24. The number of hydrogen-bond donors (Lipinski definition) is 2. The molecule has 1 heterocycles. The summed E-state index contributed by atoms with van der Waals surface area (Å²) in [5.41, 5.74) is 2.26. The number of aryl methyl sites for hydroxylation is 1. The first-order valence-corrected chi connectivity index (χ1v) is 9.14. The van der Waals surface area contributed by atoms with Crippen molar-refractivity contribution in [1.29, 1.82) is 0 Å². The molecule has 2 aromatic carbocycles. The number of para-hydroxylation sites is 1. The zero-order valence-corrected chi connectivity index (χ0v) is 16.4. The highest BCUT2D eigenvalue weighted by Crippen LogP contribution is 2.29. The fourth-order valence-corrected chi connectivity index (χ4v) is 2.75. The van der Waals surface area contributed by atoms with E-state index in [4.69, 9.17) is 9.15 Å². The molecular weight excluding hydrogens is 396 g/mol. The second-order valence-electron chi connectivity index (χ2n) is 6.33. The summed E-state index contributed by atoms with van der Waals surface area (Å²) < 4.78 is 40.2. The molecule has 9 heteroatoms. The Labute approximate surface area is 172 Å². The van der Waals surface area contributed by atoms with E-state index in [2.05, 4.69) is 20.4 Å². The Balaban J connectivity index is 1.53. The number of hydrogen-bond acceptors (Lipinski definition) is 5. The van der Waals surface area contributed by atoms with E-state index in [0.717, 1.165) is 11.3 Å². The molecule has 0 unspecified atom stereocenters. The number of oxazole rings is 1. The van der Waals surface area contributed by atoms with Crippen LogP contribution in [-0.4, -0.2) is 31.3 Å². The summed E-state index contributed by atoms with van der Waals surface area (Å²) in [6, 6.07) is 11.4. The van der Waals surface area contributed by atoms with Gasteiger partial charge in [-0.25, -0.2) is 9.78 Å². The lowest BCUT2D eigenvalue weighted by Gasteiger charge is -2.14. The maximum Gasteiger partial charge on any atom is 0.387 e. The Morgan fingerprint density at radius 2 is 1.97 bits per heavy atom. The van der Waals surface area contributed by atoms with Crippen LogP contribution in [0.1, 0.15) is 11.3 Å². The molecule has 0 atom stereocenters. The smallest absolute Gasteiger partial charge is 0.387 e. The van der Waals surface area contributed by atoms with Crippen molar-refractivity contribution in [3.8, 4) is 23.0 Å². The average Bonchev–Trinajstić information content (AvgIpc) is 3.19. The molecule has 0 spiro atoms. The zero-order chi connectivity index (χ0) is 21.5. The van der Waals surface area contributed by atoms with Gasteiger partial charge in [-0.05, 0) is 42.8 Å². The standard InChI is InChI=1S/C21H21F2N3O4/c1-13-4-3-5-17(30-20(22)23)18(13)26-21(27)24-11-10-15-12-29-19(25-15)14-6-8-16(28-2)9-7-14/h3-9,12,20H,10-11H2,1-2H3,(H2,24,26,27). The number of benzene rings is 2. The Bertz CT molecular complexity index is 990. The van der Waals surface area contributed by atoms with Crippen molar-refractivity contribution in [3.63, 3.8) is 0 Å². The molecule has 0 saturated heterocycles. The van der Waals surface area contributed by atoms with Crippen LogP contribution in [0, 0.1) is 6.92 Å². The van der Waals surface area contributed by atoms with Crippen molar-refractivity contribution in [2.24, 2.45) is 0 Å². The van der Waals surface area contributed by atoms with E-state index < -0.39 is 12.6 Å². The summed E-state index contributed by atoms with van der Waals surface area (Å²) in [5.74, 6) is 1.10. The highest BCUT2D eigenvalue weighted by Gasteiger charge is 2.14. The highest BCUT2D eigenvalue weighted by molar-refractivity contribution is 5.91. The van der Waals surface area contributed by atoms with Crippen LogP contribution in [0.25, 0.3) is 11.5 Å². The quantitative estimate of drug-likeness (QED) is 0.558. The van der Waals surface area contributed by atoms with Gasteiger partial charge in [-0.2, -0.15) is 8.78 Å². The van der Waals surface area contributed by atoms with Crippen LogP contribution in [0.2, 0.25) is 0 Å². The van der Waals surface area contributed by atoms with E-state index in [9.17, 15) is 13.6 Å². The number of urea groups is 1. The van der Waals surface area contributed by atoms with E-state index in [-0.39, 0.29) is 18.0 Å². The van der Waals surface area contributed by atoms with Crippen molar-refractivity contribution < 1.29 is 27.5 Å². The van der Waals surface area contributed by atoms with Gasteiger partial charge in [-0.3, -0.25) is 0 Å². The Morgan fingerprint density at radius 3 is 2.67 bits per heavy atom. The molecule has 1 aromatic heterocycles. The van der Waals surface area contributed by atoms with Gasteiger partial charge in [0.2, 0.25) is 5.89 Å². The first kappa shape index (κ1) is 21.1. The predicted molar refractivity (Wildman–Crippen MR) is 107 cm³/mol. The van der Waals surface area contributed by atoms with Crippen LogP contribution in [-0.2, 0) is 6.42 Å². The van der Waals surface area contributed by atoms with E-state index in [1.54, 1.807) is 26.2 Å². The molecular formula is C21H21F2N3O4. The van der Waals surface area contributed by atoms with Crippen molar-refractivity contribution >= 4 is 11.7 Å². The summed E-state index contributed by atoms with van der Waals surface area (Å²) in [7, 11) is 1.59. The average molecular weight is 417 g/mol. The van der Waals surface area contributed by atoms with Crippen molar-refractivity contribution in [2.45, 2.75) is 20.0 Å². The summed E-state index contributed by atoms with van der Waals surface area (Å²) in [6.45, 7) is -1.02. The van der Waals surface area contributed by atoms with Gasteiger partial charge in [0.05, 0.1) is 18.5 Å². The van der Waals surface area contributed by atoms with Gasteiger partial charge >= 0.3 is 12.6 Å². The number of amides is 2. The molecule has 0 aliphatic carbocycles. The number of anilines is 1. The number of nitrogens with zero attached hydrogens (tertiary/aromatic N) is 1. The van der Waals surface area contributed by atoms with Gasteiger partial charge in [-0.1, -0.05) is 12.1 Å². The predicted octanol–water partition coefficient (Wildman–Crippen LogP) is 4.62. The summed E-state index contributed by atoms with van der Waals surface area (Å²) in [6.07, 6.45) is 1.95. The van der Waals surface area contributed by atoms with Gasteiger partial charge < -0.3 is 24.5 Å². The molecule has 0 aliphatic heterocycles. The summed E-state index contributed by atoms with van der Waals surface area (Å²) in [5, 5.41) is 5.21. The second kappa shape index (κ2) is 9.73. The summed E-state index contributed by atoms with van der Waals surface area (Å²) in [4.78, 5) is 16.6. The van der Waals surface area contributed by atoms with Gasteiger partial charge in [-0.15, -0.1) is 0 Å². The second-order valence-corrected chi connectivity index (χ2v) is 6.33. The van der Waals surface area contributed by atoms with E-state index in [0.29, 0.717) is 23.6 Å². The maximum absolute atomic E-state index is 12.5. The van der Waals surface area contributed by atoms with Crippen LogP contribution >= 0.6 is 0 Å². The molecule has 30 heavy (non-hydrogen) atoms. The molecule has 0 aliphatic rings. The van der Waals surface area contributed by atoms with Gasteiger partial charge in [0.15, 0.2) is 0 Å². The number of halogens is 2. The molecule has 0 radical (unpaired) electrons. The van der Waals surface area contributed by atoms with Crippen molar-refractivity contribution in [3.05, 3.63) is 60.0 Å². The molecule has 0 saturated carbocycles. The Morgan fingerprint density at radius 1 is 1.20 bits per heavy atom. The number of carbonyl (C=O) groups is 1. The molecule has 0 fully saturated rings. The molecule has 3 aromatic rings. The first-order valence-electron chi connectivity index (χ1n) is 9.14. The number of rotatable bonds is 8. The highest BCUT2D eigenvalue weighted by atomic mass is 19.3. The summed E-state index contributed by atoms with van der Waals surface area (Å²) >= 11 is 0. The molecule has 2 amide bonds. The molecule has 7 nitrogen and oxygen atoms in total. The van der Waals surface area contributed by atoms with E-state index in [1.807, 2.05) is 24.3 Å². The SMILES string of the molecule is COc1ccc(-c2nc(CCNC(=O)Nc3c(C)cccc3OC(F)F)co2)cc1. The number of aromatic nitrogens is 1. The molecule has 0 bridgehead atoms. The zero-order valence-electron chi connectivity index (χ0n) is 16.4. The number of nitrogens with one attached hydrogen (secondary N) is 2.